The van der Waals surface area contributed by atoms with Gasteiger partial charge in [0.1, 0.15) is 0 Å². The molecule has 0 aliphatic rings. The summed E-state index contributed by atoms with van der Waals surface area (Å²) in [7, 11) is 0. The Morgan fingerprint density at radius 2 is 2.00 bits per heavy atom. The summed E-state index contributed by atoms with van der Waals surface area (Å²) in [6.07, 6.45) is 1.09. The van der Waals surface area contributed by atoms with Crippen molar-refractivity contribution >= 4 is 26.6 Å². The average molecular weight is 248 g/mol. The summed E-state index contributed by atoms with van der Waals surface area (Å²) in [5.74, 6) is 0. The molecule has 0 radical (unpaired) electrons. The van der Waals surface area contributed by atoms with E-state index >= 15 is 0 Å². The molecule has 66 valence electrons. The molecule has 0 saturated carbocycles. The molecule has 0 aromatic heterocycles. The van der Waals surface area contributed by atoms with Gasteiger partial charge in [0.15, 0.2) is 0 Å². The molecular weight excluding hydrogens is 235 g/mol. The second-order valence-electron chi connectivity index (χ2n) is 2.61. The first-order chi connectivity index (χ1) is 5.83. The van der Waals surface area contributed by atoms with Crippen molar-refractivity contribution < 1.29 is 0 Å². The Balaban J connectivity index is 2.33. The number of hydrogen-bond acceptors (Lipinski definition) is 0. The van der Waals surface area contributed by atoms with Crippen LogP contribution < -0.4 is 0 Å². The van der Waals surface area contributed by atoms with Gasteiger partial charge >= 0.3 is 85.4 Å². The summed E-state index contributed by atoms with van der Waals surface area (Å²) >= 11 is 6.60. The molecule has 2 heteroatoms. The van der Waals surface area contributed by atoms with E-state index in [-0.39, 0.29) is 0 Å². The monoisotopic (exact) mass is 248 g/mol. The molecule has 1 rings (SSSR count). The fourth-order valence-corrected chi connectivity index (χ4v) is 2.89. The Morgan fingerprint density at radius 3 is 2.58 bits per heavy atom. The van der Waals surface area contributed by atoms with Crippen LogP contribution in [-0.4, -0.2) is 19.2 Å². The molecule has 1 unspecified atom stereocenters. The fourth-order valence-electron chi connectivity index (χ4n) is 0.879. The zero-order chi connectivity index (χ0) is 8.81. The van der Waals surface area contributed by atoms with Crippen LogP contribution in [0.25, 0.3) is 0 Å². The molecule has 0 bridgehead atoms. The molecule has 0 heterocycles. The number of hydrogen-bond donors (Lipinski definition) is 0. The molecule has 0 spiro atoms. The summed E-state index contributed by atoms with van der Waals surface area (Å²) in [5.41, 5.74) is 1.41. The number of benzene rings is 1. The van der Waals surface area contributed by atoms with Crippen molar-refractivity contribution in [3.63, 3.8) is 0 Å². The van der Waals surface area contributed by atoms with E-state index in [0.29, 0.717) is 19.2 Å². The molecule has 0 N–H and O–H groups in total. The maximum atomic E-state index is 6.04. The van der Waals surface area contributed by atoms with E-state index in [2.05, 4.69) is 37.3 Å². The van der Waals surface area contributed by atoms with Gasteiger partial charge in [0.2, 0.25) is 0 Å². The molecule has 0 amide bonds. The Kier molecular flexibility index (Phi) is 4.75. The minimum atomic E-state index is 0.401. The van der Waals surface area contributed by atoms with Crippen LogP contribution in [0.3, 0.4) is 0 Å². The van der Waals surface area contributed by atoms with Gasteiger partial charge in [-0.05, 0) is 0 Å². The van der Waals surface area contributed by atoms with Crippen LogP contribution >= 0.6 is 11.6 Å². The normalized spacial score (nSPS) is 12.8. The molecule has 1 aromatic rings. The van der Waals surface area contributed by atoms with E-state index in [9.17, 15) is 0 Å². The molecule has 1 aromatic carbocycles. The van der Waals surface area contributed by atoms with Crippen molar-refractivity contribution in [1.82, 2.24) is 0 Å². The summed E-state index contributed by atoms with van der Waals surface area (Å²) in [6.45, 7) is 2.14. The first-order valence-electron chi connectivity index (χ1n) is 4.12. The molecule has 0 aliphatic heterocycles. The summed E-state index contributed by atoms with van der Waals surface area (Å²) in [6, 6.07) is 10.6. The van der Waals surface area contributed by atoms with Crippen molar-refractivity contribution in [1.29, 1.82) is 0 Å². The first-order valence-corrected chi connectivity index (χ1v) is 6.76. The standard InChI is InChI=1S/C10H13ClSe/c1-2-10(11)12-8-9-6-4-3-5-7-9/h3-7,10H,2,8H2,1H3. The van der Waals surface area contributed by atoms with Gasteiger partial charge in [-0.1, -0.05) is 0 Å². The molecule has 0 fully saturated rings. The zero-order valence-corrected chi connectivity index (χ0v) is 9.63. The Labute approximate surface area is 85.5 Å². The Bertz CT molecular complexity index is 210. The van der Waals surface area contributed by atoms with Gasteiger partial charge in [-0.15, -0.1) is 0 Å². The fraction of sp³-hybridized carbons (Fsp3) is 0.400. The zero-order valence-electron chi connectivity index (χ0n) is 7.16. The van der Waals surface area contributed by atoms with Crippen molar-refractivity contribution in [3.05, 3.63) is 35.9 Å². The van der Waals surface area contributed by atoms with Gasteiger partial charge in [0.25, 0.3) is 0 Å². The minimum absolute atomic E-state index is 0.401. The number of alkyl halides is 1. The van der Waals surface area contributed by atoms with E-state index in [4.69, 9.17) is 11.6 Å². The third-order valence-electron chi connectivity index (χ3n) is 1.59. The van der Waals surface area contributed by atoms with E-state index in [0.717, 1.165) is 11.7 Å². The molecule has 0 saturated heterocycles. The van der Waals surface area contributed by atoms with Crippen molar-refractivity contribution in [2.75, 3.05) is 0 Å². The van der Waals surface area contributed by atoms with Gasteiger partial charge in [0.05, 0.1) is 0 Å². The number of halogens is 1. The number of rotatable bonds is 4. The molecular formula is C10H13ClSe. The van der Waals surface area contributed by atoms with Crippen LogP contribution in [0, 0.1) is 0 Å². The van der Waals surface area contributed by atoms with Crippen LogP contribution in [-0.2, 0) is 5.32 Å². The molecule has 0 aliphatic carbocycles. The molecule has 12 heavy (non-hydrogen) atoms. The van der Waals surface area contributed by atoms with Gasteiger partial charge < -0.3 is 0 Å². The Morgan fingerprint density at radius 1 is 1.33 bits per heavy atom. The van der Waals surface area contributed by atoms with E-state index in [1.165, 1.54) is 5.56 Å². The maximum absolute atomic E-state index is 6.04. The SMILES string of the molecule is CCC(Cl)[Se]Cc1ccccc1. The van der Waals surface area contributed by atoms with Gasteiger partial charge in [-0.2, -0.15) is 0 Å². The quantitative estimate of drug-likeness (QED) is 0.567. The van der Waals surface area contributed by atoms with Crippen LogP contribution in [0.1, 0.15) is 18.9 Å². The predicted octanol–water partition coefficient (Wildman–Crippen LogP) is 2.87. The summed E-state index contributed by atoms with van der Waals surface area (Å²) < 4.78 is 0.401. The predicted molar refractivity (Wildman–Crippen MR) is 55.8 cm³/mol. The van der Waals surface area contributed by atoms with Gasteiger partial charge in [-0.3, -0.25) is 0 Å². The van der Waals surface area contributed by atoms with E-state index < -0.39 is 0 Å². The third-order valence-corrected chi connectivity index (χ3v) is 5.07. The van der Waals surface area contributed by atoms with Crippen molar-refractivity contribution in [2.24, 2.45) is 0 Å². The van der Waals surface area contributed by atoms with Gasteiger partial charge in [-0.25, -0.2) is 0 Å². The van der Waals surface area contributed by atoms with Gasteiger partial charge in [0, 0.05) is 0 Å². The summed E-state index contributed by atoms with van der Waals surface area (Å²) in [5, 5.41) is 1.16. The molecule has 0 nitrogen and oxygen atoms in total. The van der Waals surface area contributed by atoms with E-state index in [1.807, 2.05) is 0 Å². The first kappa shape index (κ1) is 10.1. The molecule has 1 atom stereocenters. The van der Waals surface area contributed by atoms with Crippen molar-refractivity contribution in [2.45, 2.75) is 22.9 Å². The van der Waals surface area contributed by atoms with Crippen molar-refractivity contribution in [3.8, 4) is 0 Å². The topological polar surface area (TPSA) is 0 Å². The average Bonchev–Trinajstić information content (AvgIpc) is 2.16. The second-order valence-corrected chi connectivity index (χ2v) is 6.23. The van der Waals surface area contributed by atoms with Crippen LogP contribution in [0.5, 0.6) is 0 Å². The van der Waals surface area contributed by atoms with E-state index in [1.54, 1.807) is 0 Å². The summed E-state index contributed by atoms with van der Waals surface area (Å²) in [4.78, 5) is 0. The second kappa shape index (κ2) is 5.64. The van der Waals surface area contributed by atoms with Crippen LogP contribution in [0.2, 0.25) is 0 Å². The Hall–Kier alpha value is 0.0295. The van der Waals surface area contributed by atoms with Crippen LogP contribution in [0.4, 0.5) is 0 Å². The van der Waals surface area contributed by atoms with Crippen LogP contribution in [0.15, 0.2) is 30.3 Å². The third kappa shape index (κ3) is 3.62.